The molecule has 0 aliphatic carbocycles. The summed E-state index contributed by atoms with van der Waals surface area (Å²) in [4.78, 5) is 0. The minimum absolute atomic E-state index is 0.398. The van der Waals surface area contributed by atoms with Crippen molar-refractivity contribution in [2.24, 2.45) is 0 Å². The van der Waals surface area contributed by atoms with Crippen molar-refractivity contribution >= 4 is 8.60 Å². The van der Waals surface area contributed by atoms with Crippen molar-refractivity contribution < 1.29 is 13.6 Å². The summed E-state index contributed by atoms with van der Waals surface area (Å²) in [5.74, 6) is 0. The van der Waals surface area contributed by atoms with Gasteiger partial charge in [-0.05, 0) is 34.6 Å². The first kappa shape index (κ1) is 15.3. The fourth-order valence-electron chi connectivity index (χ4n) is 0.590. The third-order valence-electron chi connectivity index (χ3n) is 1.38. The van der Waals surface area contributed by atoms with Crippen molar-refractivity contribution in [1.82, 2.24) is 0 Å². The quantitative estimate of drug-likeness (QED) is 0.671. The molecule has 0 rings (SSSR count). The maximum atomic E-state index is 8.83. The monoisotopic (exact) mass is 244 g/mol. The molecule has 0 spiro atoms. The Morgan fingerprint density at radius 3 is 1.62 bits per heavy atom. The first-order chi connectivity index (χ1) is 7.26. The van der Waals surface area contributed by atoms with Crippen LogP contribution in [0.1, 0.15) is 34.6 Å². The van der Waals surface area contributed by atoms with Crippen LogP contribution in [0.25, 0.3) is 0 Å². The van der Waals surface area contributed by atoms with E-state index in [4.69, 9.17) is 24.1 Å². The van der Waals surface area contributed by atoms with Crippen molar-refractivity contribution in [2.75, 3.05) is 6.61 Å². The van der Waals surface area contributed by atoms with Crippen molar-refractivity contribution in [3.05, 3.63) is 0 Å². The summed E-state index contributed by atoms with van der Waals surface area (Å²) in [6, 6.07) is 3.97. The highest BCUT2D eigenvalue weighted by molar-refractivity contribution is 7.41. The van der Waals surface area contributed by atoms with Crippen LogP contribution in [-0.2, 0) is 13.6 Å². The summed E-state index contributed by atoms with van der Waals surface area (Å²) in [6.45, 7) is 8.65. The Labute approximate surface area is 97.9 Å². The average molecular weight is 244 g/mol. The van der Waals surface area contributed by atoms with E-state index in [0.29, 0.717) is 6.61 Å². The summed E-state index contributed by atoms with van der Waals surface area (Å²) >= 11 is 0. The van der Waals surface area contributed by atoms with E-state index in [9.17, 15) is 0 Å². The maximum absolute atomic E-state index is 8.83. The lowest BCUT2D eigenvalue weighted by molar-refractivity contribution is 0.0635. The molecule has 0 aliphatic rings. The van der Waals surface area contributed by atoms with Crippen LogP contribution in [0, 0.1) is 22.7 Å². The lowest BCUT2D eigenvalue weighted by Crippen LogP contribution is -2.25. The van der Waals surface area contributed by atoms with Crippen LogP contribution in [0.5, 0.6) is 0 Å². The molecule has 0 saturated heterocycles. The van der Waals surface area contributed by atoms with Crippen LogP contribution in [-0.4, -0.2) is 17.8 Å². The van der Waals surface area contributed by atoms with Gasteiger partial charge in [0.1, 0.15) is 0 Å². The van der Waals surface area contributed by atoms with E-state index < -0.39 is 19.8 Å². The Kier molecular flexibility index (Phi) is 5.86. The maximum Gasteiger partial charge on any atom is 0.335 e. The highest BCUT2D eigenvalue weighted by Gasteiger charge is 2.31. The highest BCUT2D eigenvalue weighted by atomic mass is 31.2. The van der Waals surface area contributed by atoms with Gasteiger partial charge in [-0.3, -0.25) is 9.05 Å². The molecule has 0 bridgehead atoms. The molecule has 6 heteroatoms. The third kappa shape index (κ3) is 6.00. The van der Waals surface area contributed by atoms with Gasteiger partial charge in [0.05, 0.1) is 18.7 Å². The van der Waals surface area contributed by atoms with Gasteiger partial charge in [-0.15, -0.1) is 0 Å². The predicted molar refractivity (Wildman–Crippen MR) is 60.1 cm³/mol. The zero-order valence-corrected chi connectivity index (χ0v) is 11.2. The Hall–Kier alpha value is -0.710. The van der Waals surface area contributed by atoms with Crippen molar-refractivity contribution in [3.8, 4) is 12.1 Å². The second kappa shape index (κ2) is 6.13. The molecule has 5 nitrogen and oxygen atoms in total. The first-order valence-electron chi connectivity index (χ1n) is 4.90. The van der Waals surface area contributed by atoms with Crippen molar-refractivity contribution in [1.29, 1.82) is 10.5 Å². The fraction of sp³-hybridized carbons (Fsp3) is 0.800. The van der Waals surface area contributed by atoms with Crippen molar-refractivity contribution in [3.63, 3.8) is 0 Å². The van der Waals surface area contributed by atoms with Gasteiger partial charge in [0, 0.05) is 0 Å². The SMILES string of the molecule is CCOP(OC(C)(C)C#N)OC(C)(C)C#N. The zero-order valence-electron chi connectivity index (χ0n) is 10.3. The van der Waals surface area contributed by atoms with E-state index in [1.807, 2.05) is 12.1 Å². The Morgan fingerprint density at radius 1 is 1.00 bits per heavy atom. The van der Waals surface area contributed by atoms with Crippen LogP contribution in [0.2, 0.25) is 0 Å². The summed E-state index contributed by atoms with van der Waals surface area (Å²) in [5, 5.41) is 17.7. The fourth-order valence-corrected chi connectivity index (χ4v) is 1.77. The molecule has 90 valence electrons. The second-order valence-electron chi connectivity index (χ2n) is 4.07. The molecule has 0 unspecified atom stereocenters. The highest BCUT2D eigenvalue weighted by Crippen LogP contribution is 2.46. The van der Waals surface area contributed by atoms with E-state index in [0.717, 1.165) is 0 Å². The van der Waals surface area contributed by atoms with Gasteiger partial charge in [0.15, 0.2) is 11.2 Å². The van der Waals surface area contributed by atoms with E-state index in [1.54, 1.807) is 34.6 Å². The molecule has 0 radical (unpaired) electrons. The summed E-state index contributed by atoms with van der Waals surface area (Å²) in [5.41, 5.74) is -1.99. The van der Waals surface area contributed by atoms with Gasteiger partial charge in [0.25, 0.3) is 0 Å². The molecule has 0 aromatic heterocycles. The summed E-state index contributed by atoms with van der Waals surface area (Å²) < 4.78 is 16.0. The molecule has 0 amide bonds. The Balaban J connectivity index is 4.54. The van der Waals surface area contributed by atoms with Gasteiger partial charge >= 0.3 is 8.60 Å². The number of hydrogen-bond acceptors (Lipinski definition) is 5. The van der Waals surface area contributed by atoms with Crippen LogP contribution in [0.4, 0.5) is 0 Å². The minimum Gasteiger partial charge on any atom is -0.312 e. The molecule has 0 atom stereocenters. The van der Waals surface area contributed by atoms with Crippen LogP contribution >= 0.6 is 8.60 Å². The van der Waals surface area contributed by atoms with E-state index in [2.05, 4.69) is 0 Å². The van der Waals surface area contributed by atoms with Gasteiger partial charge < -0.3 is 4.52 Å². The molecular formula is C10H17N2O3P. The average Bonchev–Trinajstić information content (AvgIpc) is 2.17. The Bertz CT molecular complexity index is 276. The summed E-state index contributed by atoms with van der Waals surface area (Å²) in [6.07, 6.45) is 0. The Morgan fingerprint density at radius 2 is 1.38 bits per heavy atom. The third-order valence-corrected chi connectivity index (χ3v) is 3.06. The minimum atomic E-state index is -1.69. The molecule has 0 aromatic carbocycles. The molecule has 0 fully saturated rings. The summed E-state index contributed by atoms with van der Waals surface area (Å²) in [7, 11) is -1.69. The molecular weight excluding hydrogens is 227 g/mol. The van der Waals surface area contributed by atoms with Gasteiger partial charge in [-0.1, -0.05) is 0 Å². The van der Waals surface area contributed by atoms with Crippen LogP contribution < -0.4 is 0 Å². The lowest BCUT2D eigenvalue weighted by atomic mass is 10.2. The number of rotatable bonds is 6. The number of hydrogen-bond donors (Lipinski definition) is 0. The standard InChI is InChI=1S/C10H17N2O3P/c1-6-13-16(14-9(2,3)7-11)15-10(4,5)8-12/h6H2,1-5H3. The molecule has 0 saturated carbocycles. The molecule has 0 heterocycles. The second-order valence-corrected chi connectivity index (χ2v) is 5.14. The van der Waals surface area contributed by atoms with Gasteiger partial charge in [-0.25, -0.2) is 0 Å². The van der Waals surface area contributed by atoms with Gasteiger partial charge in [-0.2, -0.15) is 10.5 Å². The topological polar surface area (TPSA) is 75.3 Å². The molecule has 16 heavy (non-hydrogen) atoms. The smallest absolute Gasteiger partial charge is 0.312 e. The first-order valence-corrected chi connectivity index (χ1v) is 5.99. The largest absolute Gasteiger partial charge is 0.335 e. The van der Waals surface area contributed by atoms with Crippen LogP contribution in [0.15, 0.2) is 0 Å². The lowest BCUT2D eigenvalue weighted by Gasteiger charge is -2.27. The molecule has 0 N–H and O–H groups in total. The molecule has 0 aliphatic heterocycles. The van der Waals surface area contributed by atoms with Crippen LogP contribution in [0.3, 0.4) is 0 Å². The predicted octanol–water partition coefficient (Wildman–Crippen LogP) is 2.89. The van der Waals surface area contributed by atoms with E-state index in [1.165, 1.54) is 0 Å². The number of nitriles is 2. The number of nitrogens with zero attached hydrogens (tertiary/aromatic N) is 2. The molecule has 0 aromatic rings. The normalized spacial score (nSPS) is 12.2. The zero-order chi connectivity index (χ0) is 12.8. The van der Waals surface area contributed by atoms with E-state index >= 15 is 0 Å². The van der Waals surface area contributed by atoms with Crippen molar-refractivity contribution in [2.45, 2.75) is 45.8 Å². The van der Waals surface area contributed by atoms with E-state index in [-0.39, 0.29) is 0 Å². The van der Waals surface area contributed by atoms with Gasteiger partial charge in [0.2, 0.25) is 0 Å².